The second kappa shape index (κ2) is 5.02. The highest BCUT2D eigenvalue weighted by Gasteiger charge is 2.35. The van der Waals surface area contributed by atoms with Gasteiger partial charge in [-0.3, -0.25) is 0 Å². The first kappa shape index (κ1) is 14.2. The van der Waals surface area contributed by atoms with Crippen LogP contribution in [0.3, 0.4) is 0 Å². The first-order valence-electron chi connectivity index (χ1n) is 5.11. The molecule has 0 amide bonds. The van der Waals surface area contributed by atoms with Crippen molar-refractivity contribution < 1.29 is 17.6 Å². The Kier molecular flexibility index (Phi) is 3.74. The zero-order valence-electron chi connectivity index (χ0n) is 9.23. The van der Waals surface area contributed by atoms with Crippen molar-refractivity contribution in [3.05, 3.63) is 57.8 Å². The zero-order valence-corrected chi connectivity index (χ0v) is 10.7. The summed E-state index contributed by atoms with van der Waals surface area (Å²) >= 11 is 11.5. The molecule has 0 radical (unpaired) electrons. The molecule has 2 aromatic carbocycles. The number of halogens is 6. The Morgan fingerprint density at radius 2 is 1.47 bits per heavy atom. The molecule has 0 aromatic heterocycles. The Hall–Kier alpha value is -1.26. The Labute approximate surface area is 116 Å². The Balaban J connectivity index is 2.74. The molecule has 100 valence electrons. The van der Waals surface area contributed by atoms with Gasteiger partial charge < -0.3 is 0 Å². The molecule has 0 N–H and O–H groups in total. The zero-order chi connectivity index (χ0) is 14.2. The molecule has 0 atom stereocenters. The van der Waals surface area contributed by atoms with Gasteiger partial charge in [-0.1, -0.05) is 29.3 Å². The Morgan fingerprint density at radius 3 is 2.00 bits per heavy atom. The monoisotopic (exact) mass is 308 g/mol. The molecule has 0 unspecified atom stereocenters. The summed E-state index contributed by atoms with van der Waals surface area (Å²) < 4.78 is 52.4. The van der Waals surface area contributed by atoms with E-state index in [4.69, 9.17) is 23.2 Å². The van der Waals surface area contributed by atoms with Crippen molar-refractivity contribution in [3.63, 3.8) is 0 Å². The van der Waals surface area contributed by atoms with E-state index in [2.05, 4.69) is 0 Å². The van der Waals surface area contributed by atoms with Gasteiger partial charge in [-0.15, -0.1) is 0 Å². The average Bonchev–Trinajstić information content (AvgIpc) is 2.25. The van der Waals surface area contributed by atoms with Crippen molar-refractivity contribution in [2.75, 3.05) is 0 Å². The topological polar surface area (TPSA) is 0 Å². The molecule has 6 heteroatoms. The standard InChI is InChI=1S/C13H6Cl2F4/c14-8-4-7(5-9(15)6-8)12-10(13(17,18)19)2-1-3-11(12)16/h1-6H. The predicted octanol–water partition coefficient (Wildman–Crippen LogP) is 5.82. The van der Waals surface area contributed by atoms with E-state index < -0.39 is 23.1 Å². The summed E-state index contributed by atoms with van der Waals surface area (Å²) in [4.78, 5) is 0. The lowest BCUT2D eigenvalue weighted by molar-refractivity contribution is -0.137. The first-order chi connectivity index (χ1) is 8.79. The van der Waals surface area contributed by atoms with Gasteiger partial charge in [-0.25, -0.2) is 4.39 Å². The van der Waals surface area contributed by atoms with Crippen LogP contribution in [0.5, 0.6) is 0 Å². The van der Waals surface area contributed by atoms with Gasteiger partial charge in [0.1, 0.15) is 5.82 Å². The van der Waals surface area contributed by atoms with E-state index in [0.29, 0.717) is 0 Å². The fourth-order valence-electron chi connectivity index (χ4n) is 1.75. The van der Waals surface area contributed by atoms with Crippen LogP contribution in [0.2, 0.25) is 10.0 Å². The highest BCUT2D eigenvalue weighted by Crippen LogP contribution is 2.39. The van der Waals surface area contributed by atoms with E-state index in [9.17, 15) is 17.6 Å². The minimum Gasteiger partial charge on any atom is -0.206 e. The number of hydrogen-bond acceptors (Lipinski definition) is 0. The molecule has 0 spiro atoms. The maximum Gasteiger partial charge on any atom is 0.417 e. The third-order valence-corrected chi connectivity index (χ3v) is 2.91. The Morgan fingerprint density at radius 1 is 0.895 bits per heavy atom. The number of alkyl halides is 3. The van der Waals surface area contributed by atoms with Crippen LogP contribution in [0, 0.1) is 5.82 Å². The van der Waals surface area contributed by atoms with Gasteiger partial charge >= 0.3 is 6.18 Å². The summed E-state index contributed by atoms with van der Waals surface area (Å²) in [5.41, 5.74) is -1.63. The second-order valence-corrected chi connectivity index (χ2v) is 4.69. The summed E-state index contributed by atoms with van der Waals surface area (Å²) in [6, 6.07) is 6.61. The maximum absolute atomic E-state index is 13.7. The second-order valence-electron chi connectivity index (χ2n) is 3.82. The molecule has 0 heterocycles. The van der Waals surface area contributed by atoms with Crippen LogP contribution in [0.15, 0.2) is 36.4 Å². The van der Waals surface area contributed by atoms with Crippen LogP contribution >= 0.6 is 23.2 Å². The largest absolute Gasteiger partial charge is 0.417 e. The third-order valence-electron chi connectivity index (χ3n) is 2.47. The van der Waals surface area contributed by atoms with Gasteiger partial charge in [-0.05, 0) is 35.9 Å². The van der Waals surface area contributed by atoms with Crippen molar-refractivity contribution >= 4 is 23.2 Å². The molecule has 2 aromatic rings. The number of rotatable bonds is 1. The molecule has 0 aliphatic heterocycles. The summed E-state index contributed by atoms with van der Waals surface area (Å²) in [7, 11) is 0. The summed E-state index contributed by atoms with van der Waals surface area (Å²) in [5, 5.41) is 0.276. The van der Waals surface area contributed by atoms with Crippen molar-refractivity contribution in [2.45, 2.75) is 6.18 Å². The van der Waals surface area contributed by atoms with Crippen LogP contribution in [-0.4, -0.2) is 0 Å². The Bertz CT molecular complexity index is 600. The van der Waals surface area contributed by atoms with Gasteiger partial charge in [0.25, 0.3) is 0 Å². The summed E-state index contributed by atoms with van der Waals surface area (Å²) in [6.07, 6.45) is -4.66. The van der Waals surface area contributed by atoms with Gasteiger partial charge in [0.2, 0.25) is 0 Å². The van der Waals surface area contributed by atoms with E-state index in [1.54, 1.807) is 0 Å². The SMILES string of the molecule is Fc1cccc(C(F)(F)F)c1-c1cc(Cl)cc(Cl)c1. The smallest absolute Gasteiger partial charge is 0.206 e. The van der Waals surface area contributed by atoms with E-state index in [1.165, 1.54) is 18.2 Å². The van der Waals surface area contributed by atoms with Crippen LogP contribution in [0.4, 0.5) is 17.6 Å². The van der Waals surface area contributed by atoms with E-state index in [-0.39, 0.29) is 15.6 Å². The fraction of sp³-hybridized carbons (Fsp3) is 0.0769. The lowest BCUT2D eigenvalue weighted by Gasteiger charge is -2.14. The lowest BCUT2D eigenvalue weighted by atomic mass is 9.98. The molecule has 0 saturated carbocycles. The highest BCUT2D eigenvalue weighted by atomic mass is 35.5. The van der Waals surface area contributed by atoms with Gasteiger partial charge in [0.05, 0.1) is 5.56 Å². The maximum atomic E-state index is 13.7. The summed E-state index contributed by atoms with van der Waals surface area (Å²) in [6.45, 7) is 0. The van der Waals surface area contributed by atoms with E-state index >= 15 is 0 Å². The normalized spacial score (nSPS) is 11.7. The van der Waals surface area contributed by atoms with Crippen LogP contribution in [0.1, 0.15) is 5.56 Å². The highest BCUT2D eigenvalue weighted by molar-refractivity contribution is 6.35. The minimum atomic E-state index is -4.66. The fourth-order valence-corrected chi connectivity index (χ4v) is 2.28. The first-order valence-corrected chi connectivity index (χ1v) is 5.87. The molecule has 0 fully saturated rings. The lowest BCUT2D eigenvalue weighted by Crippen LogP contribution is -2.08. The summed E-state index contributed by atoms with van der Waals surface area (Å²) in [5.74, 6) is -0.979. The molecular formula is C13H6Cl2F4. The van der Waals surface area contributed by atoms with Gasteiger partial charge in [0, 0.05) is 15.6 Å². The van der Waals surface area contributed by atoms with E-state index in [1.807, 2.05) is 0 Å². The molecule has 0 bridgehead atoms. The molecule has 19 heavy (non-hydrogen) atoms. The average molecular weight is 309 g/mol. The van der Waals surface area contributed by atoms with Gasteiger partial charge in [0.15, 0.2) is 0 Å². The minimum absolute atomic E-state index is 0.0112. The molecular weight excluding hydrogens is 303 g/mol. The number of hydrogen-bond donors (Lipinski definition) is 0. The van der Waals surface area contributed by atoms with Gasteiger partial charge in [-0.2, -0.15) is 13.2 Å². The van der Waals surface area contributed by atoms with Crippen LogP contribution < -0.4 is 0 Å². The molecule has 0 nitrogen and oxygen atoms in total. The van der Waals surface area contributed by atoms with E-state index in [0.717, 1.165) is 18.2 Å². The molecule has 2 rings (SSSR count). The van der Waals surface area contributed by atoms with Crippen molar-refractivity contribution in [3.8, 4) is 11.1 Å². The quantitative estimate of drug-likeness (QED) is 0.582. The predicted molar refractivity (Wildman–Crippen MR) is 66.9 cm³/mol. The van der Waals surface area contributed by atoms with Crippen LogP contribution in [0.25, 0.3) is 11.1 Å². The van der Waals surface area contributed by atoms with Crippen molar-refractivity contribution in [1.82, 2.24) is 0 Å². The van der Waals surface area contributed by atoms with Crippen molar-refractivity contribution in [1.29, 1.82) is 0 Å². The van der Waals surface area contributed by atoms with Crippen LogP contribution in [-0.2, 0) is 6.18 Å². The molecule has 0 aliphatic carbocycles. The molecule has 0 aliphatic rings. The number of benzene rings is 2. The van der Waals surface area contributed by atoms with Crippen molar-refractivity contribution in [2.24, 2.45) is 0 Å². The third kappa shape index (κ3) is 3.01. The molecule has 0 saturated heterocycles.